The molecule has 6 heteroatoms. The quantitative estimate of drug-likeness (QED) is 0.475. The van der Waals surface area contributed by atoms with E-state index < -0.39 is 15.4 Å². The number of sulfonamides is 1. The zero-order valence-electron chi connectivity index (χ0n) is 4.87. The number of nitrogens with one attached hydrogen (secondary N) is 1. The molecule has 0 rings (SSSR count). The topological polar surface area (TPSA) is 89.3 Å². The maximum Gasteiger partial charge on any atom is 0.229 e. The smallest absolute Gasteiger partial charge is 0.229 e. The van der Waals surface area contributed by atoms with E-state index in [2.05, 4.69) is 5.14 Å². The predicted octanol–water partition coefficient (Wildman–Crippen LogP) is -1.63. The molecule has 5 nitrogen and oxygen atoms in total. The number of amides is 1. The van der Waals surface area contributed by atoms with Crippen molar-refractivity contribution in [2.24, 2.45) is 5.14 Å². The zero-order valence-corrected chi connectivity index (χ0v) is 5.68. The summed E-state index contributed by atoms with van der Waals surface area (Å²) in [5.41, 5.74) is 0. The Hall–Kier alpha value is -0.620. The van der Waals surface area contributed by atoms with Crippen molar-refractivity contribution >= 4 is 16.4 Å². The molecule has 0 saturated heterocycles. The highest BCUT2D eigenvalue weighted by molar-refractivity contribution is 7.89. The van der Waals surface area contributed by atoms with Gasteiger partial charge in [0.1, 0.15) is 5.37 Å². The third-order valence-corrected chi connectivity index (χ3v) is 1.92. The first-order valence-electron chi connectivity index (χ1n) is 2.20. The molecule has 1 amide bonds. The van der Waals surface area contributed by atoms with Gasteiger partial charge in [-0.15, -0.1) is 0 Å². The fourth-order valence-corrected chi connectivity index (χ4v) is 0.436. The summed E-state index contributed by atoms with van der Waals surface area (Å²) in [6, 6.07) is 0. The van der Waals surface area contributed by atoms with Crippen molar-refractivity contribution in [1.29, 1.82) is 0 Å². The van der Waals surface area contributed by atoms with E-state index in [0.29, 0.717) is 0 Å². The number of carbonyl (C=O) groups is 1. The van der Waals surface area contributed by atoms with E-state index in [-0.39, 0.29) is 6.41 Å². The first-order valence-corrected chi connectivity index (χ1v) is 3.80. The van der Waals surface area contributed by atoms with Crippen LogP contribution in [0.4, 0.5) is 0 Å². The standard InChI is InChI=1S/C3H8N2O3S/c1-3(5-2-6)9(4,7)8/h2-3H,1H3,(H,5,6)(H2,4,7,8). The third kappa shape index (κ3) is 3.04. The van der Waals surface area contributed by atoms with Crippen LogP contribution in [0.1, 0.15) is 6.92 Å². The molecule has 0 spiro atoms. The Morgan fingerprint density at radius 1 is 1.67 bits per heavy atom. The Labute approximate surface area is 53.3 Å². The lowest BCUT2D eigenvalue weighted by molar-refractivity contribution is -0.109. The molecule has 0 aromatic heterocycles. The van der Waals surface area contributed by atoms with Crippen LogP contribution in [0.3, 0.4) is 0 Å². The summed E-state index contributed by atoms with van der Waals surface area (Å²) in [7, 11) is -3.61. The zero-order chi connectivity index (χ0) is 7.49. The van der Waals surface area contributed by atoms with Crippen LogP contribution < -0.4 is 10.5 Å². The van der Waals surface area contributed by atoms with Crippen LogP contribution >= 0.6 is 0 Å². The predicted molar refractivity (Wildman–Crippen MR) is 31.8 cm³/mol. The highest BCUT2D eigenvalue weighted by Gasteiger charge is 2.12. The van der Waals surface area contributed by atoms with Gasteiger partial charge in [-0.2, -0.15) is 0 Å². The molecule has 0 saturated carbocycles. The molecule has 1 unspecified atom stereocenters. The first-order chi connectivity index (χ1) is 3.98. The summed E-state index contributed by atoms with van der Waals surface area (Å²) in [6.07, 6.45) is 0.287. The van der Waals surface area contributed by atoms with Crippen LogP contribution in [0.15, 0.2) is 0 Å². The van der Waals surface area contributed by atoms with Crippen molar-refractivity contribution in [2.75, 3.05) is 0 Å². The molecule has 0 aliphatic rings. The second-order valence-corrected chi connectivity index (χ2v) is 3.40. The summed E-state index contributed by atoms with van der Waals surface area (Å²) in [4.78, 5) is 9.63. The Bertz CT molecular complexity index is 185. The normalized spacial score (nSPS) is 14.4. The summed E-state index contributed by atoms with van der Waals surface area (Å²) >= 11 is 0. The molecule has 0 aliphatic carbocycles. The Kier molecular flexibility index (Phi) is 2.60. The van der Waals surface area contributed by atoms with Crippen LogP contribution in [0.25, 0.3) is 0 Å². The first kappa shape index (κ1) is 8.38. The summed E-state index contributed by atoms with van der Waals surface area (Å²) in [5, 5.41) is 5.60. The van der Waals surface area contributed by atoms with E-state index in [0.717, 1.165) is 0 Å². The van der Waals surface area contributed by atoms with E-state index in [9.17, 15) is 13.2 Å². The third-order valence-electron chi connectivity index (χ3n) is 0.796. The lowest BCUT2D eigenvalue weighted by atomic mass is 10.8. The van der Waals surface area contributed by atoms with Crippen molar-refractivity contribution in [1.82, 2.24) is 5.32 Å². The van der Waals surface area contributed by atoms with Crippen molar-refractivity contribution < 1.29 is 13.2 Å². The number of nitrogens with two attached hydrogens (primary N) is 1. The van der Waals surface area contributed by atoms with E-state index in [4.69, 9.17) is 0 Å². The SMILES string of the molecule is CC(NC=O)S(N)(=O)=O. The molecule has 0 aliphatic heterocycles. The fourth-order valence-electron chi connectivity index (χ4n) is 0.191. The minimum atomic E-state index is -3.61. The number of primary sulfonamides is 1. The molecule has 0 aromatic carbocycles. The summed E-state index contributed by atoms with van der Waals surface area (Å²) in [6.45, 7) is 1.28. The van der Waals surface area contributed by atoms with Gasteiger partial charge in [0, 0.05) is 0 Å². The highest BCUT2D eigenvalue weighted by atomic mass is 32.2. The van der Waals surface area contributed by atoms with Crippen LogP contribution in [0.5, 0.6) is 0 Å². The molecule has 54 valence electrons. The van der Waals surface area contributed by atoms with Crippen molar-refractivity contribution in [3.63, 3.8) is 0 Å². The Balaban J connectivity index is 4.05. The lowest BCUT2D eigenvalue weighted by Crippen LogP contribution is -2.37. The van der Waals surface area contributed by atoms with Crippen LogP contribution in [0, 0.1) is 0 Å². The van der Waals surface area contributed by atoms with Crippen LogP contribution in [0.2, 0.25) is 0 Å². The maximum atomic E-state index is 10.3. The van der Waals surface area contributed by atoms with Gasteiger partial charge in [0.25, 0.3) is 0 Å². The number of carbonyl (C=O) groups excluding carboxylic acids is 1. The Morgan fingerprint density at radius 3 is 2.22 bits per heavy atom. The van der Waals surface area contributed by atoms with Gasteiger partial charge in [-0.05, 0) is 6.92 Å². The van der Waals surface area contributed by atoms with Crippen LogP contribution in [-0.4, -0.2) is 20.2 Å². The van der Waals surface area contributed by atoms with Gasteiger partial charge in [0.05, 0.1) is 0 Å². The van der Waals surface area contributed by atoms with Crippen molar-refractivity contribution in [3.8, 4) is 0 Å². The van der Waals surface area contributed by atoms with Gasteiger partial charge < -0.3 is 5.32 Å². The molecule has 0 bridgehead atoms. The van der Waals surface area contributed by atoms with E-state index in [1.807, 2.05) is 5.32 Å². The minimum absolute atomic E-state index is 0.287. The van der Waals surface area contributed by atoms with E-state index in [1.165, 1.54) is 6.92 Å². The average molecular weight is 152 g/mol. The molecular formula is C3H8N2O3S. The van der Waals surface area contributed by atoms with Gasteiger partial charge >= 0.3 is 0 Å². The minimum Gasteiger partial charge on any atom is -0.341 e. The van der Waals surface area contributed by atoms with Gasteiger partial charge in [-0.1, -0.05) is 0 Å². The molecule has 1 atom stereocenters. The number of hydrogen-bond donors (Lipinski definition) is 2. The maximum absolute atomic E-state index is 10.3. The molecule has 3 N–H and O–H groups in total. The molecule has 0 radical (unpaired) electrons. The van der Waals surface area contributed by atoms with Gasteiger partial charge in [-0.25, -0.2) is 13.6 Å². The molecular weight excluding hydrogens is 144 g/mol. The molecule has 0 heterocycles. The monoisotopic (exact) mass is 152 g/mol. The Morgan fingerprint density at radius 2 is 2.11 bits per heavy atom. The average Bonchev–Trinajstić information content (AvgIpc) is 1.64. The summed E-state index contributed by atoms with van der Waals surface area (Å²) < 4.78 is 20.6. The van der Waals surface area contributed by atoms with E-state index in [1.54, 1.807) is 0 Å². The van der Waals surface area contributed by atoms with E-state index >= 15 is 0 Å². The highest BCUT2D eigenvalue weighted by Crippen LogP contribution is 1.85. The van der Waals surface area contributed by atoms with Gasteiger partial charge in [-0.3, -0.25) is 4.79 Å². The number of rotatable bonds is 3. The second kappa shape index (κ2) is 2.79. The molecule has 0 fully saturated rings. The van der Waals surface area contributed by atoms with Crippen molar-refractivity contribution in [3.05, 3.63) is 0 Å². The van der Waals surface area contributed by atoms with Crippen molar-refractivity contribution in [2.45, 2.75) is 12.3 Å². The van der Waals surface area contributed by atoms with Gasteiger partial charge in [0.15, 0.2) is 0 Å². The second-order valence-electron chi connectivity index (χ2n) is 1.52. The summed E-state index contributed by atoms with van der Waals surface area (Å²) in [5.74, 6) is 0. The van der Waals surface area contributed by atoms with Crippen LogP contribution in [-0.2, 0) is 14.8 Å². The molecule has 9 heavy (non-hydrogen) atoms. The lowest BCUT2D eigenvalue weighted by Gasteiger charge is -2.04. The molecule has 0 aromatic rings. The number of hydrogen-bond acceptors (Lipinski definition) is 3. The van der Waals surface area contributed by atoms with Gasteiger partial charge in [0.2, 0.25) is 16.4 Å². The fraction of sp³-hybridized carbons (Fsp3) is 0.667. The largest absolute Gasteiger partial charge is 0.341 e.